The van der Waals surface area contributed by atoms with Gasteiger partial charge in [0.2, 0.25) is 0 Å². The van der Waals surface area contributed by atoms with Crippen LogP contribution in [0.3, 0.4) is 0 Å². The largest absolute Gasteiger partial charge is 0.390 e. The van der Waals surface area contributed by atoms with Gasteiger partial charge in [0.1, 0.15) is 0 Å². The lowest BCUT2D eigenvalue weighted by Gasteiger charge is -2.27. The van der Waals surface area contributed by atoms with Gasteiger partial charge >= 0.3 is 0 Å². The van der Waals surface area contributed by atoms with Crippen LogP contribution < -0.4 is 5.32 Å². The summed E-state index contributed by atoms with van der Waals surface area (Å²) >= 11 is 0. The number of hydrogen-bond acceptors (Lipinski definition) is 2. The van der Waals surface area contributed by atoms with E-state index < -0.39 is 5.60 Å². The molecule has 1 aromatic carbocycles. The summed E-state index contributed by atoms with van der Waals surface area (Å²) < 4.78 is 0. The molecule has 0 radical (unpaired) electrons. The zero-order valence-corrected chi connectivity index (χ0v) is 14.0. The van der Waals surface area contributed by atoms with Gasteiger partial charge in [0, 0.05) is 12.0 Å². The van der Waals surface area contributed by atoms with E-state index in [-0.39, 0.29) is 5.54 Å². The molecule has 0 aliphatic rings. The van der Waals surface area contributed by atoms with Gasteiger partial charge in [-0.2, -0.15) is 0 Å². The summed E-state index contributed by atoms with van der Waals surface area (Å²) in [5.74, 6) is 0.556. The SMILES string of the molecule is CC(C)c1ccc(CC(C)(O)CCNC(C)(C)C)cc1. The van der Waals surface area contributed by atoms with Crippen LogP contribution in [-0.4, -0.2) is 22.8 Å². The lowest BCUT2D eigenvalue weighted by atomic mass is 9.91. The molecule has 0 aliphatic heterocycles. The van der Waals surface area contributed by atoms with Gasteiger partial charge in [0.05, 0.1) is 5.60 Å². The minimum absolute atomic E-state index is 0.106. The Bertz CT molecular complexity index is 398. The third-order valence-electron chi connectivity index (χ3n) is 3.55. The summed E-state index contributed by atoms with van der Waals surface area (Å²) in [7, 11) is 0. The highest BCUT2D eigenvalue weighted by atomic mass is 16.3. The summed E-state index contributed by atoms with van der Waals surface area (Å²) in [6.45, 7) is 13.6. The molecule has 20 heavy (non-hydrogen) atoms. The van der Waals surface area contributed by atoms with Crippen LogP contribution in [0.15, 0.2) is 24.3 Å². The summed E-state index contributed by atoms with van der Waals surface area (Å²) in [4.78, 5) is 0. The van der Waals surface area contributed by atoms with Crippen molar-refractivity contribution in [2.45, 2.75) is 71.4 Å². The standard InChI is InChI=1S/C18H31NO/c1-14(2)16-9-7-15(8-10-16)13-18(6,20)11-12-19-17(3,4)5/h7-10,14,19-20H,11-13H2,1-6H3. The molecule has 1 aromatic rings. The predicted molar refractivity (Wildman–Crippen MR) is 87.2 cm³/mol. The van der Waals surface area contributed by atoms with Crippen LogP contribution in [0.4, 0.5) is 0 Å². The van der Waals surface area contributed by atoms with Gasteiger partial charge in [-0.1, -0.05) is 38.1 Å². The zero-order valence-electron chi connectivity index (χ0n) is 14.0. The third kappa shape index (κ3) is 6.53. The average Bonchev–Trinajstić information content (AvgIpc) is 2.26. The number of benzene rings is 1. The first-order valence-corrected chi connectivity index (χ1v) is 7.65. The van der Waals surface area contributed by atoms with Crippen LogP contribution in [0.1, 0.15) is 65.0 Å². The smallest absolute Gasteiger partial charge is 0.0672 e. The van der Waals surface area contributed by atoms with Gasteiger partial charge in [-0.15, -0.1) is 0 Å². The van der Waals surface area contributed by atoms with E-state index in [2.05, 4.69) is 64.2 Å². The fourth-order valence-electron chi connectivity index (χ4n) is 2.26. The van der Waals surface area contributed by atoms with Gasteiger partial charge in [-0.3, -0.25) is 0 Å². The van der Waals surface area contributed by atoms with Crippen LogP contribution in [0.5, 0.6) is 0 Å². The van der Waals surface area contributed by atoms with E-state index in [0.717, 1.165) is 13.0 Å². The van der Waals surface area contributed by atoms with Gasteiger partial charge in [0.15, 0.2) is 0 Å². The van der Waals surface area contributed by atoms with E-state index in [1.165, 1.54) is 11.1 Å². The van der Waals surface area contributed by atoms with Crippen molar-refractivity contribution in [3.63, 3.8) is 0 Å². The molecule has 1 rings (SSSR count). The maximum atomic E-state index is 10.5. The average molecular weight is 277 g/mol. The molecular formula is C18H31NO. The molecule has 0 aromatic heterocycles. The highest BCUT2D eigenvalue weighted by molar-refractivity contribution is 5.25. The van der Waals surface area contributed by atoms with E-state index in [0.29, 0.717) is 12.3 Å². The van der Waals surface area contributed by atoms with Crippen LogP contribution in [0.2, 0.25) is 0 Å². The lowest BCUT2D eigenvalue weighted by molar-refractivity contribution is 0.0499. The second-order valence-electron chi connectivity index (χ2n) is 7.50. The third-order valence-corrected chi connectivity index (χ3v) is 3.55. The molecule has 114 valence electrons. The molecule has 1 unspecified atom stereocenters. The first-order chi connectivity index (χ1) is 9.09. The molecular weight excluding hydrogens is 246 g/mol. The first kappa shape index (κ1) is 17.2. The lowest BCUT2D eigenvalue weighted by Crippen LogP contribution is -2.40. The quantitative estimate of drug-likeness (QED) is 0.827. The number of rotatable bonds is 6. The summed E-state index contributed by atoms with van der Waals surface area (Å²) in [5, 5.41) is 13.9. The second-order valence-corrected chi connectivity index (χ2v) is 7.50. The van der Waals surface area contributed by atoms with Gasteiger partial charge < -0.3 is 10.4 Å². The molecule has 1 atom stereocenters. The summed E-state index contributed by atoms with van der Waals surface area (Å²) in [6.07, 6.45) is 1.47. The van der Waals surface area contributed by atoms with Crippen molar-refractivity contribution in [3.8, 4) is 0 Å². The highest BCUT2D eigenvalue weighted by Gasteiger charge is 2.21. The Labute approximate surface area is 124 Å². The number of hydrogen-bond donors (Lipinski definition) is 2. The van der Waals surface area contributed by atoms with Crippen molar-refractivity contribution in [2.75, 3.05) is 6.54 Å². The Morgan fingerprint density at radius 2 is 1.60 bits per heavy atom. The first-order valence-electron chi connectivity index (χ1n) is 7.65. The van der Waals surface area contributed by atoms with E-state index >= 15 is 0 Å². The minimum Gasteiger partial charge on any atom is -0.390 e. The van der Waals surface area contributed by atoms with Crippen molar-refractivity contribution in [1.82, 2.24) is 5.32 Å². The summed E-state index contributed by atoms with van der Waals surface area (Å²) in [5.41, 5.74) is 2.00. The van der Waals surface area contributed by atoms with E-state index in [9.17, 15) is 5.11 Å². The Morgan fingerprint density at radius 1 is 1.05 bits per heavy atom. The Hall–Kier alpha value is -0.860. The highest BCUT2D eigenvalue weighted by Crippen LogP contribution is 2.20. The number of aliphatic hydroxyl groups is 1. The van der Waals surface area contributed by atoms with E-state index in [1.54, 1.807) is 0 Å². The fourth-order valence-corrected chi connectivity index (χ4v) is 2.26. The van der Waals surface area contributed by atoms with Crippen molar-refractivity contribution < 1.29 is 5.11 Å². The molecule has 0 heterocycles. The van der Waals surface area contributed by atoms with Crippen molar-refractivity contribution in [2.24, 2.45) is 0 Å². The molecule has 2 heteroatoms. The van der Waals surface area contributed by atoms with Crippen LogP contribution >= 0.6 is 0 Å². The Balaban J connectivity index is 2.52. The monoisotopic (exact) mass is 277 g/mol. The van der Waals surface area contributed by atoms with E-state index in [4.69, 9.17) is 0 Å². The van der Waals surface area contributed by atoms with Crippen molar-refractivity contribution >= 4 is 0 Å². The molecule has 0 saturated carbocycles. The summed E-state index contributed by atoms with van der Waals surface area (Å²) in [6, 6.07) is 8.62. The topological polar surface area (TPSA) is 32.3 Å². The maximum Gasteiger partial charge on any atom is 0.0672 e. The molecule has 0 spiro atoms. The molecule has 0 fully saturated rings. The molecule has 2 N–H and O–H groups in total. The van der Waals surface area contributed by atoms with Gasteiger partial charge in [-0.25, -0.2) is 0 Å². The van der Waals surface area contributed by atoms with E-state index in [1.807, 2.05) is 6.92 Å². The molecule has 0 amide bonds. The van der Waals surface area contributed by atoms with Crippen molar-refractivity contribution in [1.29, 1.82) is 0 Å². The molecule has 0 bridgehead atoms. The number of nitrogens with one attached hydrogen (secondary N) is 1. The second kappa shape index (κ2) is 6.73. The predicted octanol–water partition coefficient (Wildman–Crippen LogP) is 3.88. The van der Waals surface area contributed by atoms with Gasteiger partial charge in [-0.05, 0) is 57.7 Å². The normalized spacial score (nSPS) is 15.4. The maximum absolute atomic E-state index is 10.5. The van der Waals surface area contributed by atoms with Crippen LogP contribution in [-0.2, 0) is 6.42 Å². The zero-order chi connectivity index (χ0) is 15.4. The molecule has 2 nitrogen and oxygen atoms in total. The minimum atomic E-state index is -0.655. The molecule has 0 saturated heterocycles. The van der Waals surface area contributed by atoms with Crippen molar-refractivity contribution in [3.05, 3.63) is 35.4 Å². The fraction of sp³-hybridized carbons (Fsp3) is 0.667. The Morgan fingerprint density at radius 3 is 2.05 bits per heavy atom. The van der Waals surface area contributed by atoms with Crippen LogP contribution in [0, 0.1) is 0 Å². The molecule has 0 aliphatic carbocycles. The Kier molecular flexibility index (Phi) is 5.79. The van der Waals surface area contributed by atoms with Gasteiger partial charge in [0.25, 0.3) is 0 Å². The van der Waals surface area contributed by atoms with Crippen LogP contribution in [0.25, 0.3) is 0 Å².